The lowest BCUT2D eigenvalue weighted by Crippen LogP contribution is -2.27. The first-order valence-electron chi connectivity index (χ1n) is 8.31. The Morgan fingerprint density at radius 3 is 1.94 bits per heavy atom. The summed E-state index contributed by atoms with van der Waals surface area (Å²) >= 11 is 0. The van der Waals surface area contributed by atoms with Crippen molar-refractivity contribution in [2.45, 2.75) is 83.6 Å². The quantitative estimate of drug-likeness (QED) is 0.566. The number of hydrogen-bond donors (Lipinski definition) is 1. The van der Waals surface area contributed by atoms with Crippen LogP contribution < -0.4 is 5.73 Å². The fourth-order valence-corrected chi connectivity index (χ4v) is 2.89. The van der Waals surface area contributed by atoms with Gasteiger partial charge in [-0.3, -0.25) is 0 Å². The van der Waals surface area contributed by atoms with Gasteiger partial charge in [-0.15, -0.1) is 0 Å². The maximum atomic E-state index is 5.90. The predicted molar refractivity (Wildman–Crippen MR) is 80.9 cm³/mol. The summed E-state index contributed by atoms with van der Waals surface area (Å²) in [6.07, 6.45) is 15.5. The lowest BCUT2D eigenvalue weighted by Gasteiger charge is -2.14. The molecule has 108 valence electrons. The van der Waals surface area contributed by atoms with Gasteiger partial charge in [0, 0.05) is 12.6 Å². The van der Waals surface area contributed by atoms with E-state index in [2.05, 4.69) is 11.8 Å². The molecule has 2 N–H and O–H groups in total. The number of nitrogens with zero attached hydrogens (tertiary/aromatic N) is 1. The van der Waals surface area contributed by atoms with Crippen molar-refractivity contribution in [1.82, 2.24) is 4.90 Å². The normalized spacial score (nSPS) is 20.7. The first-order chi connectivity index (χ1) is 8.83. The molecule has 0 aromatic carbocycles. The van der Waals surface area contributed by atoms with E-state index >= 15 is 0 Å². The summed E-state index contributed by atoms with van der Waals surface area (Å²) in [4.78, 5) is 2.54. The van der Waals surface area contributed by atoms with Crippen LogP contribution in [0.3, 0.4) is 0 Å². The molecule has 1 atom stereocenters. The zero-order valence-corrected chi connectivity index (χ0v) is 12.5. The SMILES string of the molecule is CCCCCCCCCCCCN1CCC(N)C1. The largest absolute Gasteiger partial charge is 0.326 e. The van der Waals surface area contributed by atoms with E-state index in [4.69, 9.17) is 5.73 Å². The summed E-state index contributed by atoms with van der Waals surface area (Å²) in [7, 11) is 0. The third kappa shape index (κ3) is 8.10. The molecule has 18 heavy (non-hydrogen) atoms. The second-order valence-electron chi connectivity index (χ2n) is 6.03. The fourth-order valence-electron chi connectivity index (χ4n) is 2.89. The van der Waals surface area contributed by atoms with Crippen LogP contribution in [0.15, 0.2) is 0 Å². The second kappa shape index (κ2) is 10.8. The summed E-state index contributed by atoms with van der Waals surface area (Å²) in [6.45, 7) is 5.94. The van der Waals surface area contributed by atoms with Gasteiger partial charge in [0.2, 0.25) is 0 Å². The van der Waals surface area contributed by atoms with Gasteiger partial charge in [0.1, 0.15) is 0 Å². The van der Waals surface area contributed by atoms with Crippen LogP contribution in [0.2, 0.25) is 0 Å². The zero-order valence-electron chi connectivity index (χ0n) is 12.5. The van der Waals surface area contributed by atoms with Gasteiger partial charge in [-0.1, -0.05) is 64.7 Å². The Bertz CT molecular complexity index is 182. The molecule has 0 spiro atoms. The predicted octanol–water partition coefficient (Wildman–Crippen LogP) is 3.94. The van der Waals surface area contributed by atoms with Crippen LogP contribution in [0, 0.1) is 0 Å². The Kier molecular flexibility index (Phi) is 9.59. The molecule has 1 fully saturated rings. The van der Waals surface area contributed by atoms with E-state index < -0.39 is 0 Å². The molecule has 2 heteroatoms. The monoisotopic (exact) mass is 254 g/mol. The number of nitrogens with two attached hydrogens (primary N) is 1. The highest BCUT2D eigenvalue weighted by Gasteiger charge is 2.17. The van der Waals surface area contributed by atoms with E-state index in [0.717, 1.165) is 6.54 Å². The van der Waals surface area contributed by atoms with Gasteiger partial charge < -0.3 is 10.6 Å². The third-order valence-corrected chi connectivity index (χ3v) is 4.14. The van der Waals surface area contributed by atoms with E-state index in [1.165, 1.54) is 83.7 Å². The van der Waals surface area contributed by atoms with E-state index in [-0.39, 0.29) is 0 Å². The van der Waals surface area contributed by atoms with Gasteiger partial charge in [-0.25, -0.2) is 0 Å². The Labute approximate surface area is 114 Å². The number of likely N-dealkylation sites (tertiary alicyclic amines) is 1. The lowest BCUT2D eigenvalue weighted by atomic mass is 10.1. The molecule has 1 rings (SSSR count). The molecule has 0 radical (unpaired) electrons. The van der Waals surface area contributed by atoms with Crippen molar-refractivity contribution in [2.24, 2.45) is 5.73 Å². The van der Waals surface area contributed by atoms with Crippen LogP contribution in [-0.2, 0) is 0 Å². The molecule has 1 aliphatic heterocycles. The summed E-state index contributed by atoms with van der Waals surface area (Å²) < 4.78 is 0. The van der Waals surface area contributed by atoms with Crippen molar-refractivity contribution >= 4 is 0 Å². The van der Waals surface area contributed by atoms with Crippen molar-refractivity contribution in [3.05, 3.63) is 0 Å². The minimum Gasteiger partial charge on any atom is -0.326 e. The molecule has 1 aliphatic rings. The van der Waals surface area contributed by atoms with Crippen molar-refractivity contribution in [2.75, 3.05) is 19.6 Å². The maximum Gasteiger partial charge on any atom is 0.0180 e. The van der Waals surface area contributed by atoms with Crippen molar-refractivity contribution in [1.29, 1.82) is 0 Å². The standard InChI is InChI=1S/C16H34N2/c1-2-3-4-5-6-7-8-9-10-11-13-18-14-12-16(17)15-18/h16H,2-15,17H2,1H3. The topological polar surface area (TPSA) is 29.3 Å². The lowest BCUT2D eigenvalue weighted by molar-refractivity contribution is 0.323. The highest BCUT2D eigenvalue weighted by Crippen LogP contribution is 2.12. The number of unbranched alkanes of at least 4 members (excludes halogenated alkanes) is 9. The summed E-state index contributed by atoms with van der Waals surface area (Å²) in [5.41, 5.74) is 5.90. The molecule has 1 saturated heterocycles. The van der Waals surface area contributed by atoms with Crippen LogP contribution >= 0.6 is 0 Å². The Balaban J connectivity index is 1.73. The smallest absolute Gasteiger partial charge is 0.0180 e. The molecular formula is C16H34N2. The van der Waals surface area contributed by atoms with Crippen molar-refractivity contribution < 1.29 is 0 Å². The van der Waals surface area contributed by atoms with Gasteiger partial charge in [0.25, 0.3) is 0 Å². The molecule has 0 aromatic heterocycles. The summed E-state index contributed by atoms with van der Waals surface area (Å²) in [6, 6.07) is 0.452. The number of hydrogen-bond acceptors (Lipinski definition) is 2. The average molecular weight is 254 g/mol. The molecule has 0 aliphatic carbocycles. The molecule has 0 amide bonds. The van der Waals surface area contributed by atoms with Gasteiger partial charge in [0.15, 0.2) is 0 Å². The Morgan fingerprint density at radius 1 is 0.889 bits per heavy atom. The van der Waals surface area contributed by atoms with Gasteiger partial charge in [-0.2, -0.15) is 0 Å². The highest BCUT2D eigenvalue weighted by molar-refractivity contribution is 4.77. The van der Waals surface area contributed by atoms with Crippen LogP contribution in [0.25, 0.3) is 0 Å². The fraction of sp³-hybridized carbons (Fsp3) is 1.00. The first-order valence-corrected chi connectivity index (χ1v) is 8.31. The summed E-state index contributed by atoms with van der Waals surface area (Å²) in [5, 5.41) is 0. The van der Waals surface area contributed by atoms with Crippen LogP contribution in [0.4, 0.5) is 0 Å². The molecule has 0 saturated carbocycles. The molecule has 1 unspecified atom stereocenters. The Hall–Kier alpha value is -0.0800. The molecule has 0 bridgehead atoms. The first kappa shape index (κ1) is 16.0. The van der Waals surface area contributed by atoms with Crippen LogP contribution in [0.5, 0.6) is 0 Å². The highest BCUT2D eigenvalue weighted by atomic mass is 15.2. The van der Waals surface area contributed by atoms with Crippen LogP contribution in [0.1, 0.15) is 77.6 Å². The zero-order chi connectivity index (χ0) is 13.1. The van der Waals surface area contributed by atoms with E-state index in [1.54, 1.807) is 0 Å². The average Bonchev–Trinajstić information content (AvgIpc) is 2.77. The molecular weight excluding hydrogens is 220 g/mol. The molecule has 0 aromatic rings. The van der Waals surface area contributed by atoms with Gasteiger partial charge in [-0.05, 0) is 25.9 Å². The second-order valence-corrected chi connectivity index (χ2v) is 6.03. The molecule has 2 nitrogen and oxygen atoms in total. The summed E-state index contributed by atoms with van der Waals surface area (Å²) in [5.74, 6) is 0. The van der Waals surface area contributed by atoms with E-state index in [9.17, 15) is 0 Å². The van der Waals surface area contributed by atoms with E-state index in [1.807, 2.05) is 0 Å². The third-order valence-electron chi connectivity index (χ3n) is 4.14. The van der Waals surface area contributed by atoms with Gasteiger partial charge in [0.05, 0.1) is 0 Å². The van der Waals surface area contributed by atoms with Crippen LogP contribution in [-0.4, -0.2) is 30.6 Å². The minimum atomic E-state index is 0.452. The molecule has 1 heterocycles. The number of rotatable bonds is 11. The van der Waals surface area contributed by atoms with Gasteiger partial charge >= 0.3 is 0 Å². The van der Waals surface area contributed by atoms with E-state index in [0.29, 0.717) is 6.04 Å². The van der Waals surface area contributed by atoms with Crippen molar-refractivity contribution in [3.63, 3.8) is 0 Å². The Morgan fingerprint density at radius 2 is 1.44 bits per heavy atom. The van der Waals surface area contributed by atoms with Crippen molar-refractivity contribution in [3.8, 4) is 0 Å². The minimum absolute atomic E-state index is 0.452. The maximum absolute atomic E-state index is 5.90.